The average Bonchev–Trinajstić information content (AvgIpc) is 2.68. The Morgan fingerprint density at radius 3 is 2.65 bits per heavy atom. The van der Waals surface area contributed by atoms with Crippen LogP contribution in [0.5, 0.6) is 0 Å². The van der Waals surface area contributed by atoms with E-state index in [-0.39, 0.29) is 6.42 Å². The van der Waals surface area contributed by atoms with Crippen LogP contribution in [0, 0.1) is 0 Å². The Kier molecular flexibility index (Phi) is 2.22. The number of aliphatic carboxylic acids is 1. The van der Waals surface area contributed by atoms with Crippen molar-refractivity contribution in [3.8, 4) is 11.1 Å². The normalized spacial score (nSPS) is 12.0. The van der Waals surface area contributed by atoms with Crippen LogP contribution < -0.4 is 0 Å². The minimum absolute atomic E-state index is 0.108. The van der Waals surface area contributed by atoms with E-state index in [1.807, 2.05) is 24.3 Å². The van der Waals surface area contributed by atoms with Gasteiger partial charge in [-0.25, -0.2) is 0 Å². The number of hydrogen-bond donors (Lipinski definition) is 1. The number of carboxylic acid groups (broad SMARTS) is 1. The lowest BCUT2D eigenvalue weighted by Crippen LogP contribution is -2.03. The van der Waals surface area contributed by atoms with Crippen LogP contribution in [0.15, 0.2) is 42.5 Å². The Morgan fingerprint density at radius 2 is 1.82 bits per heavy atom. The Bertz CT molecular complexity index is 600. The van der Waals surface area contributed by atoms with Gasteiger partial charge in [0, 0.05) is 0 Å². The van der Waals surface area contributed by atoms with E-state index in [9.17, 15) is 4.79 Å². The molecule has 0 unspecified atom stereocenters. The number of fused-ring (bicyclic) bond motifs is 3. The lowest BCUT2D eigenvalue weighted by Gasteiger charge is -2.05. The van der Waals surface area contributed by atoms with Crippen molar-refractivity contribution in [2.24, 2.45) is 0 Å². The van der Waals surface area contributed by atoms with E-state index in [4.69, 9.17) is 5.11 Å². The summed E-state index contributed by atoms with van der Waals surface area (Å²) in [7, 11) is 0. The Labute approximate surface area is 99.5 Å². The van der Waals surface area contributed by atoms with E-state index in [1.165, 1.54) is 22.3 Å². The molecule has 0 aliphatic heterocycles. The fourth-order valence-corrected chi connectivity index (χ4v) is 2.55. The average molecular weight is 224 g/mol. The van der Waals surface area contributed by atoms with Crippen molar-refractivity contribution in [2.75, 3.05) is 0 Å². The van der Waals surface area contributed by atoms with E-state index in [1.54, 1.807) is 0 Å². The second-order valence-corrected chi connectivity index (χ2v) is 4.35. The molecular formula is C15H12O2. The van der Waals surface area contributed by atoms with Crippen LogP contribution in [-0.4, -0.2) is 11.1 Å². The van der Waals surface area contributed by atoms with Gasteiger partial charge in [0.2, 0.25) is 0 Å². The van der Waals surface area contributed by atoms with Crippen LogP contribution in [0.1, 0.15) is 16.7 Å². The maximum Gasteiger partial charge on any atom is 0.307 e. The Morgan fingerprint density at radius 1 is 1.06 bits per heavy atom. The van der Waals surface area contributed by atoms with Gasteiger partial charge in [-0.2, -0.15) is 0 Å². The third kappa shape index (κ3) is 1.62. The number of rotatable bonds is 2. The van der Waals surface area contributed by atoms with E-state index in [2.05, 4.69) is 18.2 Å². The number of carbonyl (C=O) groups is 1. The zero-order chi connectivity index (χ0) is 11.8. The fraction of sp³-hybridized carbons (Fsp3) is 0.133. The first-order valence-electron chi connectivity index (χ1n) is 5.66. The van der Waals surface area contributed by atoms with E-state index >= 15 is 0 Å². The minimum atomic E-state index is -0.769. The third-order valence-corrected chi connectivity index (χ3v) is 3.29. The van der Waals surface area contributed by atoms with Crippen molar-refractivity contribution in [2.45, 2.75) is 12.8 Å². The lowest BCUT2D eigenvalue weighted by atomic mass is 9.99. The molecule has 84 valence electrons. The highest BCUT2D eigenvalue weighted by Gasteiger charge is 2.20. The predicted octanol–water partition coefficient (Wildman–Crippen LogP) is 2.88. The number of benzene rings is 2. The molecule has 0 bridgehead atoms. The smallest absolute Gasteiger partial charge is 0.307 e. The van der Waals surface area contributed by atoms with Crippen molar-refractivity contribution in [3.05, 3.63) is 59.2 Å². The molecule has 0 fully saturated rings. The molecule has 2 heteroatoms. The summed E-state index contributed by atoms with van der Waals surface area (Å²) in [6.07, 6.45) is 0.964. The standard InChI is InChI=1S/C15H12O2/c16-15(17)9-11-5-3-7-13-12-6-2-1-4-10(12)8-14(11)13/h1-7H,8-9H2,(H,16,17). The Balaban J connectivity index is 2.14. The highest BCUT2D eigenvalue weighted by molar-refractivity contribution is 5.80. The second-order valence-electron chi connectivity index (χ2n) is 4.35. The summed E-state index contributed by atoms with van der Waals surface area (Å²) >= 11 is 0. The molecule has 2 aromatic carbocycles. The van der Waals surface area contributed by atoms with Gasteiger partial charge in [0.1, 0.15) is 0 Å². The Hall–Kier alpha value is -2.09. The molecule has 2 aromatic rings. The van der Waals surface area contributed by atoms with Crippen LogP contribution in [0.4, 0.5) is 0 Å². The quantitative estimate of drug-likeness (QED) is 0.726. The summed E-state index contributed by atoms with van der Waals surface area (Å²) in [5, 5.41) is 8.92. The van der Waals surface area contributed by atoms with Crippen LogP contribution in [-0.2, 0) is 17.6 Å². The predicted molar refractivity (Wildman–Crippen MR) is 66.0 cm³/mol. The molecule has 1 aliphatic carbocycles. The summed E-state index contributed by atoms with van der Waals surface area (Å²) in [4.78, 5) is 10.8. The van der Waals surface area contributed by atoms with Gasteiger partial charge >= 0.3 is 5.97 Å². The molecule has 0 spiro atoms. The molecule has 1 N–H and O–H groups in total. The summed E-state index contributed by atoms with van der Waals surface area (Å²) in [6.45, 7) is 0. The van der Waals surface area contributed by atoms with Gasteiger partial charge in [-0.3, -0.25) is 4.79 Å². The molecule has 3 rings (SSSR count). The second kappa shape index (κ2) is 3.74. The van der Waals surface area contributed by atoms with Gasteiger partial charge in [-0.1, -0.05) is 42.5 Å². The van der Waals surface area contributed by atoms with E-state index < -0.39 is 5.97 Å². The molecule has 0 atom stereocenters. The van der Waals surface area contributed by atoms with Crippen LogP contribution >= 0.6 is 0 Å². The van der Waals surface area contributed by atoms with Gasteiger partial charge < -0.3 is 5.11 Å². The zero-order valence-electron chi connectivity index (χ0n) is 9.31. The third-order valence-electron chi connectivity index (χ3n) is 3.29. The maximum atomic E-state index is 10.8. The van der Waals surface area contributed by atoms with E-state index in [0.29, 0.717) is 0 Å². The molecule has 0 saturated heterocycles. The summed E-state index contributed by atoms with van der Waals surface area (Å²) in [6, 6.07) is 14.2. The molecule has 0 amide bonds. The van der Waals surface area contributed by atoms with Crippen LogP contribution in [0.25, 0.3) is 11.1 Å². The van der Waals surface area contributed by atoms with Gasteiger partial charge in [-0.15, -0.1) is 0 Å². The van der Waals surface area contributed by atoms with Crippen molar-refractivity contribution >= 4 is 5.97 Å². The molecule has 0 saturated carbocycles. The zero-order valence-corrected chi connectivity index (χ0v) is 9.31. The monoisotopic (exact) mass is 224 g/mol. The van der Waals surface area contributed by atoms with Gasteiger partial charge in [-0.05, 0) is 34.2 Å². The molecule has 0 aromatic heterocycles. The minimum Gasteiger partial charge on any atom is -0.481 e. The summed E-state index contributed by atoms with van der Waals surface area (Å²) in [5.74, 6) is -0.769. The molecule has 17 heavy (non-hydrogen) atoms. The van der Waals surface area contributed by atoms with Gasteiger partial charge in [0.15, 0.2) is 0 Å². The molecular weight excluding hydrogens is 212 g/mol. The maximum absolute atomic E-state index is 10.8. The van der Waals surface area contributed by atoms with Gasteiger partial charge in [0.05, 0.1) is 6.42 Å². The lowest BCUT2D eigenvalue weighted by molar-refractivity contribution is -0.136. The fourth-order valence-electron chi connectivity index (χ4n) is 2.55. The molecule has 0 radical (unpaired) electrons. The number of carboxylic acids is 1. The topological polar surface area (TPSA) is 37.3 Å². The first-order valence-corrected chi connectivity index (χ1v) is 5.66. The molecule has 1 aliphatic rings. The van der Waals surface area contributed by atoms with E-state index in [0.717, 1.165) is 12.0 Å². The van der Waals surface area contributed by atoms with Crippen molar-refractivity contribution in [1.29, 1.82) is 0 Å². The highest BCUT2D eigenvalue weighted by Crippen LogP contribution is 2.38. The van der Waals surface area contributed by atoms with Crippen LogP contribution in [0.2, 0.25) is 0 Å². The highest BCUT2D eigenvalue weighted by atomic mass is 16.4. The van der Waals surface area contributed by atoms with Crippen molar-refractivity contribution in [1.82, 2.24) is 0 Å². The molecule has 2 nitrogen and oxygen atoms in total. The summed E-state index contributed by atoms with van der Waals surface area (Å²) in [5.41, 5.74) is 5.84. The number of hydrogen-bond acceptors (Lipinski definition) is 1. The van der Waals surface area contributed by atoms with Crippen LogP contribution in [0.3, 0.4) is 0 Å². The molecule has 0 heterocycles. The van der Waals surface area contributed by atoms with Crippen molar-refractivity contribution in [3.63, 3.8) is 0 Å². The summed E-state index contributed by atoms with van der Waals surface area (Å²) < 4.78 is 0. The first kappa shape index (κ1) is 10.1. The largest absolute Gasteiger partial charge is 0.481 e. The van der Waals surface area contributed by atoms with Crippen molar-refractivity contribution < 1.29 is 9.90 Å². The van der Waals surface area contributed by atoms with Gasteiger partial charge in [0.25, 0.3) is 0 Å². The SMILES string of the molecule is O=C(O)Cc1cccc2c1Cc1ccccc1-2. The first-order chi connectivity index (χ1) is 8.25.